The lowest BCUT2D eigenvalue weighted by Crippen LogP contribution is -2.47. The summed E-state index contributed by atoms with van der Waals surface area (Å²) < 4.78 is 12.7. The van der Waals surface area contributed by atoms with Crippen molar-refractivity contribution in [2.24, 2.45) is 16.1 Å². The van der Waals surface area contributed by atoms with E-state index < -0.39 is 5.60 Å². The molecule has 6 nitrogen and oxygen atoms in total. The molecule has 178 valence electrons. The van der Waals surface area contributed by atoms with Crippen LogP contribution in [0.3, 0.4) is 0 Å². The highest BCUT2D eigenvalue weighted by Crippen LogP contribution is 2.42. The molecule has 1 aliphatic rings. The number of quaternary nitrogens is 1. The van der Waals surface area contributed by atoms with Crippen molar-refractivity contribution in [3.8, 4) is 5.75 Å². The fraction of sp³-hybridized carbons (Fsp3) is 0.481. The number of hydrogen-bond donors (Lipinski definition) is 1. The van der Waals surface area contributed by atoms with E-state index in [1.807, 2.05) is 60.7 Å². The van der Waals surface area contributed by atoms with Crippen molar-refractivity contribution in [1.29, 1.82) is 0 Å². The van der Waals surface area contributed by atoms with E-state index in [2.05, 4.69) is 31.0 Å². The molecule has 2 aromatic carbocycles. The smallest absolute Gasteiger partial charge is 0.246 e. The molecule has 33 heavy (non-hydrogen) atoms. The first-order valence-corrected chi connectivity index (χ1v) is 11.9. The van der Waals surface area contributed by atoms with E-state index in [-0.39, 0.29) is 11.8 Å². The third kappa shape index (κ3) is 6.89. The second-order valence-electron chi connectivity index (χ2n) is 9.41. The van der Waals surface area contributed by atoms with Gasteiger partial charge in [0.2, 0.25) is 5.90 Å². The molecule has 0 aromatic heterocycles. The molecule has 0 radical (unpaired) electrons. The van der Waals surface area contributed by atoms with Crippen LogP contribution in [0.15, 0.2) is 70.9 Å². The number of hydrogen-bond acceptors (Lipinski definition) is 5. The van der Waals surface area contributed by atoms with Gasteiger partial charge < -0.3 is 19.1 Å². The quantitative estimate of drug-likeness (QED) is 0.168. The fourth-order valence-electron chi connectivity index (χ4n) is 4.55. The molecule has 1 saturated carbocycles. The van der Waals surface area contributed by atoms with Gasteiger partial charge in [0.1, 0.15) is 18.9 Å². The zero-order valence-corrected chi connectivity index (χ0v) is 20.0. The van der Waals surface area contributed by atoms with E-state index in [1.54, 1.807) is 0 Å². The summed E-state index contributed by atoms with van der Waals surface area (Å²) in [6, 6.07) is 19.6. The van der Waals surface area contributed by atoms with Gasteiger partial charge in [-0.05, 0) is 30.5 Å². The van der Waals surface area contributed by atoms with Crippen LogP contribution in [0, 0.1) is 5.92 Å². The van der Waals surface area contributed by atoms with Gasteiger partial charge in [-0.2, -0.15) is 5.10 Å². The van der Waals surface area contributed by atoms with E-state index in [4.69, 9.17) is 9.47 Å². The maximum absolute atomic E-state index is 11.9. The Kier molecular flexibility index (Phi) is 9.03. The third-order valence-corrected chi connectivity index (χ3v) is 6.50. The van der Waals surface area contributed by atoms with Crippen molar-refractivity contribution in [2.45, 2.75) is 37.7 Å². The summed E-state index contributed by atoms with van der Waals surface area (Å²) in [6.07, 6.45) is 5.02. The van der Waals surface area contributed by atoms with E-state index in [1.165, 1.54) is 0 Å². The molecule has 6 heteroatoms. The molecule has 0 bridgehead atoms. The maximum atomic E-state index is 11.9. The number of rotatable bonds is 12. The van der Waals surface area contributed by atoms with E-state index in [0.717, 1.165) is 61.0 Å². The number of aliphatic hydroxyl groups is 1. The molecule has 0 heterocycles. The highest BCUT2D eigenvalue weighted by Gasteiger charge is 2.46. The van der Waals surface area contributed by atoms with Gasteiger partial charge in [-0.15, -0.1) is 5.10 Å². The monoisotopic (exact) mass is 452 g/mol. The highest BCUT2D eigenvalue weighted by molar-refractivity contribution is 5.87. The fourth-order valence-corrected chi connectivity index (χ4v) is 4.55. The number of benzene rings is 2. The first-order valence-electron chi connectivity index (χ1n) is 11.9. The Labute approximate surface area is 198 Å². The molecule has 1 unspecified atom stereocenters. The SMILES string of the molecule is C=N/N=C(\OCC[N+](C)(C)CCCOc1ccccc1)C(O)(c1ccccc1)C1CCCC1. The Morgan fingerprint density at radius 3 is 2.27 bits per heavy atom. The average molecular weight is 453 g/mol. The molecule has 2 aromatic rings. The van der Waals surface area contributed by atoms with Gasteiger partial charge in [-0.3, -0.25) is 0 Å². The summed E-state index contributed by atoms with van der Waals surface area (Å²) in [5, 5.41) is 19.8. The van der Waals surface area contributed by atoms with Crippen LogP contribution >= 0.6 is 0 Å². The minimum absolute atomic E-state index is 0.0537. The van der Waals surface area contributed by atoms with Gasteiger partial charge >= 0.3 is 0 Å². The van der Waals surface area contributed by atoms with Crippen molar-refractivity contribution in [3.63, 3.8) is 0 Å². The normalized spacial score (nSPS) is 16.9. The summed E-state index contributed by atoms with van der Waals surface area (Å²) in [5.74, 6) is 1.21. The van der Waals surface area contributed by atoms with Crippen molar-refractivity contribution >= 4 is 12.6 Å². The summed E-state index contributed by atoms with van der Waals surface area (Å²) in [6.45, 7) is 6.36. The topological polar surface area (TPSA) is 63.4 Å². The maximum Gasteiger partial charge on any atom is 0.246 e. The second kappa shape index (κ2) is 12.0. The Bertz CT molecular complexity index is 880. The summed E-state index contributed by atoms with van der Waals surface area (Å²) in [5.41, 5.74) is -0.495. The van der Waals surface area contributed by atoms with Crippen LogP contribution in [0.25, 0.3) is 0 Å². The standard InChI is InChI=1S/C27H38N3O3/c1-28-29-26(27(31,24-15-10-11-16-24)23-13-6-4-7-14-23)33-22-20-30(2,3)19-12-21-32-25-17-8-5-9-18-25/h4-9,13-14,17-18,24,31H,1,10-12,15-16,19-22H2,2-3H3/q+1/b29-26-. The lowest BCUT2D eigenvalue weighted by Gasteiger charge is -2.35. The predicted octanol–water partition coefficient (Wildman–Crippen LogP) is 4.64. The van der Waals surface area contributed by atoms with Crippen molar-refractivity contribution in [2.75, 3.05) is 40.4 Å². The van der Waals surface area contributed by atoms with Crippen LogP contribution < -0.4 is 4.74 Å². The first kappa shape index (κ1) is 24.9. The van der Waals surface area contributed by atoms with Crippen LogP contribution in [0.4, 0.5) is 0 Å². The Balaban J connectivity index is 1.58. The summed E-state index contributed by atoms with van der Waals surface area (Å²) in [4.78, 5) is 0. The number of ether oxygens (including phenoxy) is 2. The molecule has 0 saturated heterocycles. The van der Waals surface area contributed by atoms with Crippen LogP contribution in [0.1, 0.15) is 37.7 Å². The minimum Gasteiger partial charge on any atom is -0.493 e. The van der Waals surface area contributed by atoms with Crippen molar-refractivity contribution < 1.29 is 19.1 Å². The van der Waals surface area contributed by atoms with Crippen LogP contribution in [0.5, 0.6) is 5.75 Å². The lowest BCUT2D eigenvalue weighted by atomic mass is 9.80. The van der Waals surface area contributed by atoms with Gasteiger partial charge in [0.05, 0.1) is 27.2 Å². The van der Waals surface area contributed by atoms with Gasteiger partial charge in [0.15, 0.2) is 5.60 Å². The minimum atomic E-state index is -1.29. The molecular weight excluding hydrogens is 414 g/mol. The summed E-state index contributed by atoms with van der Waals surface area (Å²) in [7, 11) is 4.35. The van der Waals surface area contributed by atoms with Gasteiger partial charge in [0.25, 0.3) is 0 Å². The zero-order valence-electron chi connectivity index (χ0n) is 20.0. The molecule has 1 fully saturated rings. The van der Waals surface area contributed by atoms with Gasteiger partial charge in [-0.25, -0.2) is 0 Å². The van der Waals surface area contributed by atoms with Crippen LogP contribution in [-0.4, -0.2) is 62.6 Å². The highest BCUT2D eigenvalue weighted by atomic mass is 16.5. The molecule has 1 N–H and O–H groups in total. The lowest BCUT2D eigenvalue weighted by molar-refractivity contribution is -0.890. The van der Waals surface area contributed by atoms with E-state index >= 15 is 0 Å². The first-order chi connectivity index (χ1) is 16.0. The number of nitrogens with zero attached hydrogens (tertiary/aromatic N) is 3. The average Bonchev–Trinajstić information content (AvgIpc) is 3.38. The van der Waals surface area contributed by atoms with E-state index in [0.29, 0.717) is 13.2 Å². The second-order valence-corrected chi connectivity index (χ2v) is 9.41. The molecular formula is C27H38N3O3+. The Morgan fingerprint density at radius 2 is 1.64 bits per heavy atom. The molecule has 0 amide bonds. The molecule has 0 spiro atoms. The Morgan fingerprint density at radius 1 is 1.00 bits per heavy atom. The zero-order chi connectivity index (χ0) is 23.6. The van der Waals surface area contributed by atoms with Crippen LogP contribution in [0.2, 0.25) is 0 Å². The summed E-state index contributed by atoms with van der Waals surface area (Å²) >= 11 is 0. The molecule has 0 aliphatic heterocycles. The van der Waals surface area contributed by atoms with E-state index in [9.17, 15) is 5.11 Å². The Hall–Kier alpha value is -2.70. The van der Waals surface area contributed by atoms with Crippen LogP contribution in [-0.2, 0) is 10.3 Å². The number of likely N-dealkylation sites (N-methyl/N-ethyl adjacent to an activating group) is 1. The molecule has 1 atom stereocenters. The predicted molar refractivity (Wildman–Crippen MR) is 134 cm³/mol. The molecule has 3 rings (SSSR count). The van der Waals surface area contributed by atoms with Gasteiger partial charge in [-0.1, -0.05) is 61.4 Å². The van der Waals surface area contributed by atoms with Crippen molar-refractivity contribution in [3.05, 3.63) is 66.2 Å². The largest absolute Gasteiger partial charge is 0.493 e. The third-order valence-electron chi connectivity index (χ3n) is 6.50. The van der Waals surface area contributed by atoms with Crippen molar-refractivity contribution in [1.82, 2.24) is 0 Å². The number of para-hydroxylation sites is 1. The molecule has 1 aliphatic carbocycles. The van der Waals surface area contributed by atoms with Gasteiger partial charge in [0, 0.05) is 19.1 Å².